The van der Waals surface area contributed by atoms with E-state index in [0.29, 0.717) is 17.6 Å². The molecule has 1 nitrogen and oxygen atoms in total. The summed E-state index contributed by atoms with van der Waals surface area (Å²) in [7, 11) is 0. The highest BCUT2D eigenvalue weighted by atomic mass is 16.1. The van der Waals surface area contributed by atoms with Gasteiger partial charge in [-0.2, -0.15) is 0 Å². The van der Waals surface area contributed by atoms with Gasteiger partial charge in [-0.15, -0.1) is 0 Å². The van der Waals surface area contributed by atoms with Crippen molar-refractivity contribution in [3.8, 4) is 0 Å². The van der Waals surface area contributed by atoms with E-state index in [4.69, 9.17) is 0 Å². The quantitative estimate of drug-likeness (QED) is 0.552. The van der Waals surface area contributed by atoms with Gasteiger partial charge in [0.1, 0.15) is 0 Å². The average molecular weight is 202 g/mol. The molecule has 15 heavy (non-hydrogen) atoms. The third kappa shape index (κ3) is 1.02. The molecule has 4 aliphatic rings. The van der Waals surface area contributed by atoms with E-state index in [2.05, 4.69) is 0 Å². The molecule has 0 unspecified atom stereocenters. The van der Waals surface area contributed by atoms with Crippen LogP contribution < -0.4 is 0 Å². The molecule has 0 aromatic carbocycles. The topological polar surface area (TPSA) is 17.1 Å². The van der Waals surface area contributed by atoms with Crippen LogP contribution in [0, 0.1) is 23.7 Å². The zero-order valence-electron chi connectivity index (χ0n) is 9.17. The standard InChI is InChI=1S/C14H18O/c15-14-11-4-3-10(7-11)13(14)12-6-8-1-2-9(12)5-8/h8-11H,1-7H2/b13-12-/t8-,9+,10-,11+/m0/s1. The smallest absolute Gasteiger partial charge is 0.162 e. The van der Waals surface area contributed by atoms with Gasteiger partial charge in [0.15, 0.2) is 5.78 Å². The first-order valence-corrected chi connectivity index (χ1v) is 6.60. The zero-order valence-corrected chi connectivity index (χ0v) is 9.17. The van der Waals surface area contributed by atoms with Crippen LogP contribution in [0.4, 0.5) is 0 Å². The molecule has 4 aliphatic carbocycles. The molecule has 0 N–H and O–H groups in total. The summed E-state index contributed by atoms with van der Waals surface area (Å²) in [4.78, 5) is 12.2. The Labute approximate surface area is 90.9 Å². The van der Waals surface area contributed by atoms with Crippen LogP contribution >= 0.6 is 0 Å². The van der Waals surface area contributed by atoms with Crippen molar-refractivity contribution in [2.75, 3.05) is 0 Å². The van der Waals surface area contributed by atoms with Crippen molar-refractivity contribution in [3.63, 3.8) is 0 Å². The van der Waals surface area contributed by atoms with E-state index < -0.39 is 0 Å². The van der Waals surface area contributed by atoms with Crippen LogP contribution in [-0.2, 0) is 4.79 Å². The Kier molecular flexibility index (Phi) is 1.57. The van der Waals surface area contributed by atoms with E-state index in [1.807, 2.05) is 0 Å². The van der Waals surface area contributed by atoms with Crippen molar-refractivity contribution in [3.05, 3.63) is 11.1 Å². The Morgan fingerprint density at radius 1 is 0.867 bits per heavy atom. The first-order valence-electron chi connectivity index (χ1n) is 6.60. The van der Waals surface area contributed by atoms with Crippen molar-refractivity contribution < 1.29 is 4.79 Å². The van der Waals surface area contributed by atoms with Crippen molar-refractivity contribution in [1.82, 2.24) is 0 Å². The zero-order chi connectivity index (χ0) is 9.99. The fraction of sp³-hybridized carbons (Fsp3) is 0.786. The van der Waals surface area contributed by atoms with Crippen LogP contribution in [0.1, 0.15) is 44.9 Å². The molecule has 4 saturated carbocycles. The fourth-order valence-corrected chi connectivity index (χ4v) is 4.71. The summed E-state index contributed by atoms with van der Waals surface area (Å²) in [5.41, 5.74) is 2.97. The van der Waals surface area contributed by atoms with Gasteiger partial charge in [-0.1, -0.05) is 5.57 Å². The predicted molar refractivity (Wildman–Crippen MR) is 58.3 cm³/mol. The second-order valence-corrected chi connectivity index (χ2v) is 6.09. The summed E-state index contributed by atoms with van der Waals surface area (Å²) < 4.78 is 0. The van der Waals surface area contributed by atoms with Gasteiger partial charge in [0.2, 0.25) is 0 Å². The number of rotatable bonds is 0. The fourth-order valence-electron chi connectivity index (χ4n) is 4.71. The Morgan fingerprint density at radius 3 is 2.27 bits per heavy atom. The lowest BCUT2D eigenvalue weighted by Crippen LogP contribution is -2.16. The summed E-state index contributed by atoms with van der Waals surface area (Å²) in [5, 5.41) is 0. The number of fused-ring (bicyclic) bond motifs is 4. The summed E-state index contributed by atoms with van der Waals surface area (Å²) in [6.07, 6.45) is 9.21. The highest BCUT2D eigenvalue weighted by Crippen LogP contribution is 2.55. The number of ketones is 1. The molecule has 4 rings (SSSR count). The minimum absolute atomic E-state index is 0.441. The number of carbonyl (C=O) groups is 1. The number of allylic oxidation sites excluding steroid dienone is 2. The molecular formula is C14H18O. The molecule has 0 aromatic rings. The monoisotopic (exact) mass is 202 g/mol. The van der Waals surface area contributed by atoms with Crippen molar-refractivity contribution in [2.24, 2.45) is 23.7 Å². The van der Waals surface area contributed by atoms with E-state index in [1.165, 1.54) is 50.5 Å². The summed E-state index contributed by atoms with van der Waals surface area (Å²) in [5.74, 6) is 3.47. The van der Waals surface area contributed by atoms with E-state index in [1.54, 1.807) is 5.57 Å². The third-order valence-corrected chi connectivity index (χ3v) is 5.37. The number of Topliss-reactive ketones (excluding diaryl/α,β-unsaturated/α-hetero) is 1. The summed E-state index contributed by atoms with van der Waals surface area (Å²) in [6.45, 7) is 0. The van der Waals surface area contributed by atoms with Gasteiger partial charge in [0.25, 0.3) is 0 Å². The molecular weight excluding hydrogens is 184 g/mol. The first-order chi connectivity index (χ1) is 7.33. The summed E-state index contributed by atoms with van der Waals surface area (Å²) in [6, 6.07) is 0. The normalized spacial score (nSPS) is 52.1. The molecule has 0 aromatic heterocycles. The largest absolute Gasteiger partial charge is 0.294 e. The highest BCUT2D eigenvalue weighted by molar-refractivity contribution is 6.01. The lowest BCUT2D eigenvalue weighted by molar-refractivity contribution is -0.118. The highest BCUT2D eigenvalue weighted by Gasteiger charge is 2.47. The number of carbonyl (C=O) groups excluding carboxylic acids is 1. The lowest BCUT2D eigenvalue weighted by Gasteiger charge is -2.21. The van der Waals surface area contributed by atoms with Gasteiger partial charge in [-0.05, 0) is 68.3 Å². The van der Waals surface area contributed by atoms with Gasteiger partial charge >= 0.3 is 0 Å². The van der Waals surface area contributed by atoms with Crippen LogP contribution in [0.3, 0.4) is 0 Å². The minimum Gasteiger partial charge on any atom is -0.294 e. The van der Waals surface area contributed by atoms with Gasteiger partial charge in [-0.3, -0.25) is 4.79 Å². The van der Waals surface area contributed by atoms with Crippen LogP contribution in [-0.4, -0.2) is 5.78 Å². The molecule has 0 aliphatic heterocycles. The van der Waals surface area contributed by atoms with E-state index in [0.717, 1.165) is 11.8 Å². The van der Waals surface area contributed by atoms with Crippen molar-refractivity contribution >= 4 is 5.78 Å². The SMILES string of the molecule is O=C1/C(=C2/C[C@H]3CC[C@@H]2C3)[C@H]2CC[C@@H]1C2. The molecule has 4 atom stereocenters. The average Bonchev–Trinajstić information content (AvgIpc) is 2.96. The molecule has 0 radical (unpaired) electrons. The predicted octanol–water partition coefficient (Wildman–Crippen LogP) is 3.10. The Bertz CT molecular complexity index is 366. The molecule has 4 bridgehead atoms. The van der Waals surface area contributed by atoms with Crippen LogP contribution in [0.2, 0.25) is 0 Å². The second kappa shape index (κ2) is 2.75. The maximum absolute atomic E-state index is 12.2. The maximum atomic E-state index is 12.2. The summed E-state index contributed by atoms with van der Waals surface area (Å²) >= 11 is 0. The molecule has 0 spiro atoms. The lowest BCUT2D eigenvalue weighted by atomic mass is 9.83. The molecule has 1 heteroatoms. The number of hydrogen-bond acceptors (Lipinski definition) is 1. The molecule has 4 fully saturated rings. The first kappa shape index (κ1) is 8.55. The van der Waals surface area contributed by atoms with E-state index in [9.17, 15) is 4.79 Å². The maximum Gasteiger partial charge on any atom is 0.162 e. The second-order valence-electron chi connectivity index (χ2n) is 6.09. The van der Waals surface area contributed by atoms with E-state index >= 15 is 0 Å². The van der Waals surface area contributed by atoms with E-state index in [-0.39, 0.29) is 0 Å². The third-order valence-electron chi connectivity index (χ3n) is 5.37. The van der Waals surface area contributed by atoms with Gasteiger partial charge in [0.05, 0.1) is 0 Å². The Balaban J connectivity index is 1.77. The Hall–Kier alpha value is -0.590. The molecule has 0 heterocycles. The van der Waals surface area contributed by atoms with Crippen molar-refractivity contribution in [1.29, 1.82) is 0 Å². The molecule has 80 valence electrons. The van der Waals surface area contributed by atoms with Gasteiger partial charge in [0, 0.05) is 5.92 Å². The Morgan fingerprint density at radius 2 is 1.67 bits per heavy atom. The molecule has 0 saturated heterocycles. The van der Waals surface area contributed by atoms with Gasteiger partial charge in [-0.25, -0.2) is 0 Å². The van der Waals surface area contributed by atoms with Gasteiger partial charge < -0.3 is 0 Å². The van der Waals surface area contributed by atoms with Crippen LogP contribution in [0.25, 0.3) is 0 Å². The molecule has 0 amide bonds. The minimum atomic E-state index is 0.441. The van der Waals surface area contributed by atoms with Crippen molar-refractivity contribution in [2.45, 2.75) is 44.9 Å². The van der Waals surface area contributed by atoms with Crippen LogP contribution in [0.5, 0.6) is 0 Å². The van der Waals surface area contributed by atoms with Crippen LogP contribution in [0.15, 0.2) is 11.1 Å². The number of hydrogen-bond donors (Lipinski definition) is 0.